The summed E-state index contributed by atoms with van der Waals surface area (Å²) in [4.78, 5) is 0. The van der Waals surface area contributed by atoms with Crippen molar-refractivity contribution in [3.63, 3.8) is 0 Å². The van der Waals surface area contributed by atoms with Gasteiger partial charge in [-0.25, -0.2) is 0 Å². The zero-order chi connectivity index (χ0) is 17.8. The first-order chi connectivity index (χ1) is 9.97. The molecule has 0 amide bonds. The number of benzene rings is 1. The molecule has 0 saturated carbocycles. The average molecular weight is 434 g/mol. The molecule has 1 rings (SSSR count). The van der Waals surface area contributed by atoms with E-state index in [-0.39, 0.29) is 10.3 Å². The van der Waals surface area contributed by atoms with Crippen molar-refractivity contribution in [1.82, 2.24) is 0 Å². The number of hydrogen-bond donors (Lipinski definition) is 0. The summed E-state index contributed by atoms with van der Waals surface area (Å²) in [5.74, 6) is 0. The first-order valence-corrected chi connectivity index (χ1v) is 11.9. The first-order valence-electron chi connectivity index (χ1n) is 7.96. The fraction of sp³-hybridized carbons (Fsp3) is 0.632. The Morgan fingerprint density at radius 1 is 0.864 bits per heavy atom. The fourth-order valence-electron chi connectivity index (χ4n) is 3.15. The van der Waals surface area contributed by atoms with Crippen LogP contribution in [0, 0.1) is 6.66 Å². The third-order valence-electron chi connectivity index (χ3n) is 4.58. The number of hydrogen-bond acceptors (Lipinski definition) is 0. The number of aryl methyl sites for hydroxylation is 2. The molecular formula is C19H33ClPPd+. The summed E-state index contributed by atoms with van der Waals surface area (Å²) in [6, 6.07) is 7.21. The van der Waals surface area contributed by atoms with Crippen molar-refractivity contribution in [2.75, 3.05) is 0 Å². The third-order valence-corrected chi connectivity index (χ3v) is 10.3. The zero-order valence-electron chi connectivity index (χ0n) is 15.5. The van der Waals surface area contributed by atoms with Gasteiger partial charge in [0.1, 0.15) is 0 Å². The Morgan fingerprint density at radius 3 is 1.41 bits per heavy atom. The molecule has 0 aliphatic heterocycles. The van der Waals surface area contributed by atoms with E-state index in [2.05, 4.69) is 101 Å². The Kier molecular flexibility index (Phi) is 8.86. The molecule has 0 aliphatic carbocycles. The second-order valence-corrected chi connectivity index (χ2v) is 12.7. The maximum absolute atomic E-state index is 4.84. The van der Waals surface area contributed by atoms with Gasteiger partial charge in [0.05, 0.1) is 15.6 Å². The molecule has 0 saturated heterocycles. The monoisotopic (exact) mass is 433 g/mol. The van der Waals surface area contributed by atoms with Crippen molar-refractivity contribution in [3.8, 4) is 0 Å². The fourth-order valence-corrected chi connectivity index (χ4v) is 7.49. The summed E-state index contributed by atoms with van der Waals surface area (Å²) in [6.07, 6.45) is 2.21. The van der Waals surface area contributed by atoms with E-state index in [9.17, 15) is 0 Å². The van der Waals surface area contributed by atoms with Gasteiger partial charge >= 0.3 is 27.7 Å². The first kappa shape index (κ1) is 22.6. The van der Waals surface area contributed by atoms with Crippen molar-refractivity contribution in [3.05, 3.63) is 36.0 Å². The van der Waals surface area contributed by atoms with Crippen LogP contribution in [0.1, 0.15) is 66.5 Å². The second kappa shape index (κ2) is 8.63. The molecule has 0 aromatic heterocycles. The summed E-state index contributed by atoms with van der Waals surface area (Å²) in [7, 11) is 2.97. The van der Waals surface area contributed by atoms with Crippen molar-refractivity contribution in [2.45, 2.75) is 78.5 Å². The van der Waals surface area contributed by atoms with Gasteiger partial charge in [0.25, 0.3) is 0 Å². The van der Waals surface area contributed by atoms with Gasteiger partial charge in [0.15, 0.2) is 0 Å². The molecule has 0 heterocycles. The zero-order valence-corrected chi connectivity index (χ0v) is 18.7. The van der Waals surface area contributed by atoms with Crippen molar-refractivity contribution < 1.29 is 18.2 Å². The maximum atomic E-state index is 4.84. The van der Waals surface area contributed by atoms with E-state index in [1.54, 1.807) is 0 Å². The molecule has 0 nitrogen and oxygen atoms in total. The van der Waals surface area contributed by atoms with Gasteiger partial charge in [-0.15, -0.1) is 0 Å². The van der Waals surface area contributed by atoms with E-state index < -0.39 is 7.26 Å². The van der Waals surface area contributed by atoms with Gasteiger partial charge in [-0.3, -0.25) is 0 Å². The number of halogens is 1. The van der Waals surface area contributed by atoms with E-state index >= 15 is 0 Å². The molecule has 0 N–H and O–H groups in total. The molecule has 0 spiro atoms. The van der Waals surface area contributed by atoms with Crippen LogP contribution in [0.3, 0.4) is 0 Å². The van der Waals surface area contributed by atoms with Gasteiger partial charge < -0.3 is 0 Å². The third kappa shape index (κ3) is 4.80. The molecule has 1 aromatic rings. The molecule has 1 aromatic carbocycles. The average Bonchev–Trinajstić information content (AvgIpc) is 2.45. The molecule has 3 heteroatoms. The van der Waals surface area contributed by atoms with Crippen LogP contribution in [-0.4, -0.2) is 10.3 Å². The molecular weight excluding hydrogens is 401 g/mol. The Bertz CT molecular complexity index is 433. The summed E-state index contributed by atoms with van der Waals surface area (Å²) in [6.45, 7) is 23.5. The Balaban J connectivity index is 0.00000211. The van der Waals surface area contributed by atoms with Crippen molar-refractivity contribution in [2.24, 2.45) is 0 Å². The summed E-state index contributed by atoms with van der Waals surface area (Å²) in [5.41, 5.74) is 2.92. The van der Waals surface area contributed by atoms with Gasteiger partial charge in [-0.1, -0.05) is 27.2 Å². The predicted molar refractivity (Wildman–Crippen MR) is 102 cm³/mol. The van der Waals surface area contributed by atoms with E-state index in [1.165, 1.54) is 16.4 Å². The van der Waals surface area contributed by atoms with Crippen LogP contribution in [0.5, 0.6) is 0 Å². The van der Waals surface area contributed by atoms with Crippen LogP contribution in [-0.2, 0) is 31.0 Å². The minimum absolute atomic E-state index is 0.225. The summed E-state index contributed by atoms with van der Waals surface area (Å²) >= 11 is 2.22. The van der Waals surface area contributed by atoms with Gasteiger partial charge in [-0.2, -0.15) is 6.66 Å². The van der Waals surface area contributed by atoms with Crippen LogP contribution >= 0.6 is 16.8 Å². The Morgan fingerprint density at radius 2 is 1.18 bits per heavy atom. The Hall–Kier alpha value is 0.602. The quantitative estimate of drug-likeness (QED) is 0.288. The molecule has 0 radical (unpaired) electrons. The normalized spacial score (nSPS) is 12.7. The van der Waals surface area contributed by atoms with Crippen LogP contribution in [0.15, 0.2) is 18.2 Å². The van der Waals surface area contributed by atoms with Crippen LogP contribution < -0.4 is 5.30 Å². The molecule has 0 bridgehead atoms. The minimum atomic E-state index is -1.52. The second-order valence-electron chi connectivity index (χ2n) is 7.87. The van der Waals surface area contributed by atoms with Gasteiger partial charge in [-0.05, 0) is 77.6 Å². The van der Waals surface area contributed by atoms with Crippen LogP contribution in [0.4, 0.5) is 0 Å². The predicted octanol–water partition coefficient (Wildman–Crippen LogP) is 6.53. The molecule has 0 unspecified atom stereocenters. The van der Waals surface area contributed by atoms with Crippen molar-refractivity contribution >= 4 is 22.1 Å². The number of rotatable bonds is 3. The van der Waals surface area contributed by atoms with E-state index in [4.69, 9.17) is 6.66 Å². The molecule has 0 aliphatic rings. The van der Waals surface area contributed by atoms with Crippen LogP contribution in [0.2, 0.25) is 0 Å². The SMILES string of the molecule is [CH2-][P+](c1cc(CC)cc(CC)c1)(C(C)(C)C)C(C)(C)C.[Cl][Pd+]. The standard InChI is InChI=1S/C19H33P.ClH.Pd/c1-10-15-12-16(11-2)14-17(13-15)20(9,18(3,4)5)19(6,7)8;;/h12-14H,9-11H2,1-8H3;1H;/q;;+2/p-1. The van der Waals surface area contributed by atoms with E-state index in [1.807, 2.05) is 0 Å². The van der Waals surface area contributed by atoms with Gasteiger partial charge in [0.2, 0.25) is 0 Å². The molecule has 0 fully saturated rings. The van der Waals surface area contributed by atoms with Crippen LogP contribution in [0.25, 0.3) is 0 Å². The Labute approximate surface area is 154 Å². The molecule has 130 valence electrons. The molecule has 22 heavy (non-hydrogen) atoms. The van der Waals surface area contributed by atoms with E-state index in [0.717, 1.165) is 12.8 Å². The topological polar surface area (TPSA) is 0 Å². The van der Waals surface area contributed by atoms with Gasteiger partial charge in [0, 0.05) is 0 Å². The van der Waals surface area contributed by atoms with Crippen molar-refractivity contribution in [1.29, 1.82) is 0 Å². The molecule has 0 atom stereocenters. The van der Waals surface area contributed by atoms with E-state index in [0.29, 0.717) is 0 Å². The summed E-state index contributed by atoms with van der Waals surface area (Å²) in [5, 5.41) is 1.96. The summed E-state index contributed by atoms with van der Waals surface area (Å²) < 4.78 is 0.